The molecule has 0 radical (unpaired) electrons. The van der Waals surface area contributed by atoms with Crippen molar-refractivity contribution in [3.8, 4) is 0 Å². The van der Waals surface area contributed by atoms with Crippen LogP contribution in [0.1, 0.15) is 46.5 Å². The molecule has 0 fully saturated rings. The van der Waals surface area contributed by atoms with Gasteiger partial charge in [-0.15, -0.1) is 0 Å². The summed E-state index contributed by atoms with van der Waals surface area (Å²) in [5.41, 5.74) is 0. The average molecular weight is 190 g/mol. The largest absolute Gasteiger partial charge is 0.344 e. The van der Waals surface area contributed by atoms with Crippen molar-refractivity contribution in [2.45, 2.75) is 52.4 Å². The molecule has 0 bridgehead atoms. The van der Waals surface area contributed by atoms with Gasteiger partial charge in [0, 0.05) is 6.42 Å². The summed E-state index contributed by atoms with van der Waals surface area (Å²) < 4.78 is 0. The van der Waals surface area contributed by atoms with Gasteiger partial charge in [0.15, 0.2) is 0 Å². The maximum atomic E-state index is 8.71. The summed E-state index contributed by atoms with van der Waals surface area (Å²) in [6, 6.07) is 0. The van der Waals surface area contributed by atoms with Crippen LogP contribution in [0.3, 0.4) is 0 Å². The number of rotatable bonds is 6. The zero-order valence-electron chi connectivity index (χ0n) is 8.82. The summed E-state index contributed by atoms with van der Waals surface area (Å²) in [7, 11) is 0. The highest BCUT2D eigenvalue weighted by Gasteiger charge is 2.21. The molecule has 0 amide bonds. The summed E-state index contributed by atoms with van der Waals surface area (Å²) in [6.07, 6.45) is 3.20. The van der Waals surface area contributed by atoms with E-state index in [1.807, 2.05) is 6.92 Å². The Balaban J connectivity index is 3.46. The highest BCUT2D eigenvalue weighted by molar-refractivity contribution is 4.59. The number of hydrogen-bond donors (Lipinski definition) is 3. The number of aliphatic hydroxyl groups is 3. The molecule has 13 heavy (non-hydrogen) atoms. The minimum Gasteiger partial charge on any atom is -0.344 e. The van der Waals surface area contributed by atoms with Crippen LogP contribution in [0.25, 0.3) is 0 Å². The summed E-state index contributed by atoms with van der Waals surface area (Å²) in [5.74, 6) is -1.65. The van der Waals surface area contributed by atoms with Crippen molar-refractivity contribution in [2.24, 2.45) is 11.8 Å². The second kappa shape index (κ2) is 5.58. The third-order valence-electron chi connectivity index (χ3n) is 2.10. The monoisotopic (exact) mass is 190 g/mol. The second-order valence-electron chi connectivity index (χ2n) is 4.41. The van der Waals surface area contributed by atoms with E-state index >= 15 is 0 Å². The maximum absolute atomic E-state index is 8.71. The lowest BCUT2D eigenvalue weighted by Crippen LogP contribution is -2.29. The van der Waals surface area contributed by atoms with Gasteiger partial charge in [-0.25, -0.2) is 0 Å². The van der Waals surface area contributed by atoms with Crippen LogP contribution in [0.4, 0.5) is 0 Å². The Bertz CT molecular complexity index is 127. The lowest BCUT2D eigenvalue weighted by atomic mass is 9.96. The van der Waals surface area contributed by atoms with Crippen molar-refractivity contribution in [2.75, 3.05) is 0 Å². The van der Waals surface area contributed by atoms with Crippen LogP contribution in [0.2, 0.25) is 0 Å². The van der Waals surface area contributed by atoms with Crippen LogP contribution in [0, 0.1) is 11.8 Å². The lowest BCUT2D eigenvalue weighted by molar-refractivity contribution is -0.319. The fraction of sp³-hybridized carbons (Fsp3) is 1.00. The normalized spacial score (nSPS) is 15.0. The van der Waals surface area contributed by atoms with Crippen molar-refractivity contribution in [1.82, 2.24) is 0 Å². The first-order valence-electron chi connectivity index (χ1n) is 4.98. The Morgan fingerprint density at radius 1 is 1.00 bits per heavy atom. The van der Waals surface area contributed by atoms with Crippen molar-refractivity contribution >= 4 is 0 Å². The zero-order valence-corrected chi connectivity index (χ0v) is 8.82. The van der Waals surface area contributed by atoms with Gasteiger partial charge in [-0.1, -0.05) is 40.0 Å². The van der Waals surface area contributed by atoms with E-state index in [1.165, 1.54) is 0 Å². The van der Waals surface area contributed by atoms with Crippen molar-refractivity contribution < 1.29 is 15.3 Å². The number of hydrogen-bond acceptors (Lipinski definition) is 3. The summed E-state index contributed by atoms with van der Waals surface area (Å²) >= 11 is 0. The molecule has 0 aliphatic heterocycles. The van der Waals surface area contributed by atoms with E-state index in [4.69, 9.17) is 15.3 Å². The summed E-state index contributed by atoms with van der Waals surface area (Å²) in [6.45, 7) is 6.25. The van der Waals surface area contributed by atoms with Gasteiger partial charge in [0.2, 0.25) is 0 Å². The molecule has 0 heterocycles. The second-order valence-corrected chi connectivity index (χ2v) is 4.41. The fourth-order valence-electron chi connectivity index (χ4n) is 1.44. The smallest absolute Gasteiger partial charge is 0.275 e. The molecule has 0 saturated heterocycles. The lowest BCUT2D eigenvalue weighted by Gasteiger charge is -2.19. The van der Waals surface area contributed by atoms with Gasteiger partial charge in [0.25, 0.3) is 5.97 Å². The quantitative estimate of drug-likeness (QED) is 0.556. The van der Waals surface area contributed by atoms with E-state index in [9.17, 15) is 0 Å². The van der Waals surface area contributed by atoms with Crippen molar-refractivity contribution in [3.63, 3.8) is 0 Å². The third kappa shape index (κ3) is 9.80. The van der Waals surface area contributed by atoms with E-state index in [-0.39, 0.29) is 12.3 Å². The highest BCUT2D eigenvalue weighted by atomic mass is 16.7. The molecule has 3 nitrogen and oxygen atoms in total. The van der Waals surface area contributed by atoms with Gasteiger partial charge in [0.05, 0.1) is 0 Å². The molecule has 0 aromatic heterocycles. The fourth-order valence-corrected chi connectivity index (χ4v) is 1.44. The minimum absolute atomic E-state index is 0.0328. The molecule has 0 aliphatic rings. The molecule has 0 aromatic rings. The SMILES string of the molecule is CC(C)CCCC(C)CC(O)(O)O. The van der Waals surface area contributed by atoms with Crippen LogP contribution in [0.15, 0.2) is 0 Å². The van der Waals surface area contributed by atoms with E-state index < -0.39 is 5.97 Å². The molecule has 0 aliphatic carbocycles. The van der Waals surface area contributed by atoms with Gasteiger partial charge in [0.1, 0.15) is 0 Å². The van der Waals surface area contributed by atoms with Crippen LogP contribution >= 0.6 is 0 Å². The Morgan fingerprint density at radius 2 is 1.54 bits per heavy atom. The standard InChI is InChI=1S/C10H22O3/c1-8(2)5-4-6-9(3)7-10(11,12)13/h8-9,11-13H,4-7H2,1-3H3. The Kier molecular flexibility index (Phi) is 5.53. The predicted octanol–water partition coefficient (Wildman–Crippen LogP) is 1.47. The first-order valence-corrected chi connectivity index (χ1v) is 4.98. The van der Waals surface area contributed by atoms with Crippen LogP contribution < -0.4 is 0 Å². The molecular weight excluding hydrogens is 168 g/mol. The topological polar surface area (TPSA) is 60.7 Å². The minimum atomic E-state index is -2.49. The summed E-state index contributed by atoms with van der Waals surface area (Å²) in [4.78, 5) is 0. The molecule has 1 unspecified atom stereocenters. The molecule has 3 N–H and O–H groups in total. The van der Waals surface area contributed by atoms with E-state index in [0.717, 1.165) is 19.3 Å². The molecule has 0 saturated carbocycles. The Labute approximate surface area is 80.4 Å². The van der Waals surface area contributed by atoms with E-state index in [0.29, 0.717) is 5.92 Å². The molecule has 80 valence electrons. The van der Waals surface area contributed by atoms with Gasteiger partial charge in [-0.05, 0) is 11.8 Å². The molecule has 3 heteroatoms. The average Bonchev–Trinajstić information content (AvgIpc) is 1.81. The maximum Gasteiger partial charge on any atom is 0.275 e. The molecule has 0 rings (SSSR count). The summed E-state index contributed by atoms with van der Waals surface area (Å²) in [5, 5.41) is 26.1. The van der Waals surface area contributed by atoms with Crippen LogP contribution in [-0.2, 0) is 0 Å². The third-order valence-corrected chi connectivity index (χ3v) is 2.10. The molecule has 0 spiro atoms. The highest BCUT2D eigenvalue weighted by Crippen LogP contribution is 2.18. The first kappa shape index (κ1) is 12.9. The van der Waals surface area contributed by atoms with Crippen LogP contribution in [-0.4, -0.2) is 21.3 Å². The van der Waals surface area contributed by atoms with Crippen molar-refractivity contribution in [1.29, 1.82) is 0 Å². The van der Waals surface area contributed by atoms with E-state index in [2.05, 4.69) is 13.8 Å². The van der Waals surface area contributed by atoms with Gasteiger partial charge in [-0.3, -0.25) is 0 Å². The molecular formula is C10H22O3. The van der Waals surface area contributed by atoms with Gasteiger partial charge < -0.3 is 15.3 Å². The molecule has 0 aromatic carbocycles. The van der Waals surface area contributed by atoms with E-state index in [1.54, 1.807) is 0 Å². The van der Waals surface area contributed by atoms with Gasteiger partial charge in [-0.2, -0.15) is 0 Å². The predicted molar refractivity (Wildman–Crippen MR) is 51.9 cm³/mol. The van der Waals surface area contributed by atoms with Crippen molar-refractivity contribution in [3.05, 3.63) is 0 Å². The first-order chi connectivity index (χ1) is 5.81. The van der Waals surface area contributed by atoms with Gasteiger partial charge >= 0.3 is 0 Å². The van der Waals surface area contributed by atoms with Crippen LogP contribution in [0.5, 0.6) is 0 Å². The Morgan fingerprint density at radius 3 is 1.92 bits per heavy atom. The molecule has 1 atom stereocenters. The zero-order chi connectivity index (χ0) is 10.5. The Hall–Kier alpha value is -0.120.